The molecule has 3 rings (SSSR count). The number of para-hydroxylation sites is 2. The number of ether oxygens (including phenoxy) is 3. The largest absolute Gasteiger partial charge is 0.490 e. The molecule has 0 radical (unpaired) electrons. The first-order valence-electron chi connectivity index (χ1n) is 9.83. The monoisotopic (exact) mass is 416 g/mol. The van der Waals surface area contributed by atoms with E-state index in [9.17, 15) is 14.0 Å². The molecule has 0 unspecified atom stereocenters. The van der Waals surface area contributed by atoms with Gasteiger partial charge in [-0.25, -0.2) is 4.39 Å². The van der Waals surface area contributed by atoms with E-state index < -0.39 is 11.3 Å². The Morgan fingerprint density at radius 1 is 1.00 bits per heavy atom. The van der Waals surface area contributed by atoms with Crippen LogP contribution in [0.15, 0.2) is 48.5 Å². The van der Waals surface area contributed by atoms with Gasteiger partial charge in [0.1, 0.15) is 5.82 Å². The van der Waals surface area contributed by atoms with E-state index in [4.69, 9.17) is 14.2 Å². The van der Waals surface area contributed by atoms with Crippen molar-refractivity contribution in [3.63, 3.8) is 0 Å². The van der Waals surface area contributed by atoms with Gasteiger partial charge in [0, 0.05) is 13.2 Å². The zero-order chi connectivity index (χ0) is 21.4. The fourth-order valence-corrected chi connectivity index (χ4v) is 3.41. The number of nitrogens with one attached hydrogen (secondary N) is 2. The van der Waals surface area contributed by atoms with E-state index in [2.05, 4.69) is 10.9 Å². The molecule has 2 aromatic carbocycles. The van der Waals surface area contributed by atoms with E-state index >= 15 is 0 Å². The molecule has 1 heterocycles. The van der Waals surface area contributed by atoms with Crippen molar-refractivity contribution in [2.24, 2.45) is 0 Å². The lowest BCUT2D eigenvalue weighted by atomic mass is 9.73. The molecule has 1 aliphatic heterocycles. The maximum atomic E-state index is 13.3. The standard InChI is InChI=1S/C22H25FN2O5/c1-2-29-18-5-3-4-6-19(18)30-15-20(26)24-25-21(27)22(11-13-28-14-12-22)16-7-9-17(23)10-8-16/h3-10H,2,11-15H2,1H3,(H,24,26)(H,25,27). The summed E-state index contributed by atoms with van der Waals surface area (Å²) in [5.74, 6) is -0.294. The van der Waals surface area contributed by atoms with Crippen molar-refractivity contribution in [3.05, 3.63) is 59.9 Å². The van der Waals surface area contributed by atoms with E-state index in [0.29, 0.717) is 49.7 Å². The molecule has 2 N–H and O–H groups in total. The second-order valence-corrected chi connectivity index (χ2v) is 6.87. The molecule has 0 atom stereocenters. The highest BCUT2D eigenvalue weighted by molar-refractivity contribution is 5.90. The van der Waals surface area contributed by atoms with Crippen molar-refractivity contribution in [2.75, 3.05) is 26.4 Å². The van der Waals surface area contributed by atoms with Gasteiger partial charge in [-0.15, -0.1) is 0 Å². The van der Waals surface area contributed by atoms with Gasteiger partial charge in [-0.1, -0.05) is 24.3 Å². The molecular weight excluding hydrogens is 391 g/mol. The molecule has 160 valence electrons. The highest BCUT2D eigenvalue weighted by atomic mass is 19.1. The second-order valence-electron chi connectivity index (χ2n) is 6.87. The molecule has 8 heteroatoms. The molecular formula is C22H25FN2O5. The maximum absolute atomic E-state index is 13.3. The van der Waals surface area contributed by atoms with Gasteiger partial charge < -0.3 is 14.2 Å². The molecule has 1 saturated heterocycles. The minimum atomic E-state index is -0.901. The van der Waals surface area contributed by atoms with Gasteiger partial charge in [-0.3, -0.25) is 20.4 Å². The first kappa shape index (κ1) is 21.6. The minimum Gasteiger partial charge on any atom is -0.490 e. The zero-order valence-corrected chi connectivity index (χ0v) is 16.8. The lowest BCUT2D eigenvalue weighted by Crippen LogP contribution is -2.54. The van der Waals surface area contributed by atoms with Crippen LogP contribution in [0.5, 0.6) is 11.5 Å². The van der Waals surface area contributed by atoms with Crippen LogP contribution in [0.4, 0.5) is 4.39 Å². The van der Waals surface area contributed by atoms with Crippen LogP contribution < -0.4 is 20.3 Å². The molecule has 2 aromatic rings. The van der Waals surface area contributed by atoms with Crippen molar-refractivity contribution >= 4 is 11.8 Å². The predicted molar refractivity (Wildman–Crippen MR) is 108 cm³/mol. The second kappa shape index (κ2) is 10.1. The van der Waals surface area contributed by atoms with Crippen LogP contribution in [0.1, 0.15) is 25.3 Å². The van der Waals surface area contributed by atoms with Crippen molar-refractivity contribution in [2.45, 2.75) is 25.2 Å². The number of carbonyl (C=O) groups excluding carboxylic acids is 2. The lowest BCUT2D eigenvalue weighted by molar-refractivity contribution is -0.135. The average molecular weight is 416 g/mol. The molecule has 0 aromatic heterocycles. The van der Waals surface area contributed by atoms with Crippen molar-refractivity contribution in [1.82, 2.24) is 10.9 Å². The number of halogens is 1. The molecule has 30 heavy (non-hydrogen) atoms. The number of hydrogen-bond acceptors (Lipinski definition) is 5. The number of hydrogen-bond donors (Lipinski definition) is 2. The van der Waals surface area contributed by atoms with Gasteiger partial charge in [0.25, 0.3) is 5.91 Å². The van der Waals surface area contributed by atoms with Crippen LogP contribution in [-0.4, -0.2) is 38.2 Å². The van der Waals surface area contributed by atoms with Crippen LogP contribution in [0.25, 0.3) is 0 Å². The molecule has 0 saturated carbocycles. The highest BCUT2D eigenvalue weighted by Gasteiger charge is 2.42. The van der Waals surface area contributed by atoms with Crippen molar-refractivity contribution in [3.8, 4) is 11.5 Å². The summed E-state index contributed by atoms with van der Waals surface area (Å²) in [5, 5.41) is 0. The quantitative estimate of drug-likeness (QED) is 0.678. The molecule has 0 spiro atoms. The van der Waals surface area contributed by atoms with Crippen LogP contribution in [-0.2, 0) is 19.7 Å². The summed E-state index contributed by atoms with van der Waals surface area (Å²) in [7, 11) is 0. The molecule has 7 nitrogen and oxygen atoms in total. The van der Waals surface area contributed by atoms with Crippen LogP contribution in [0, 0.1) is 5.82 Å². The SMILES string of the molecule is CCOc1ccccc1OCC(=O)NNC(=O)C1(c2ccc(F)cc2)CCOCC1. The topological polar surface area (TPSA) is 85.9 Å². The molecule has 2 amide bonds. The summed E-state index contributed by atoms with van der Waals surface area (Å²) in [5.41, 5.74) is 4.65. The molecule has 0 aliphatic carbocycles. The van der Waals surface area contributed by atoms with E-state index in [0.717, 1.165) is 0 Å². The van der Waals surface area contributed by atoms with Crippen molar-refractivity contribution < 1.29 is 28.2 Å². The summed E-state index contributed by atoms with van der Waals surface area (Å²) in [6, 6.07) is 12.9. The number of hydrazine groups is 1. The average Bonchev–Trinajstić information content (AvgIpc) is 2.78. The Hall–Kier alpha value is -3.13. The van der Waals surface area contributed by atoms with Gasteiger partial charge in [0.2, 0.25) is 5.91 Å². The van der Waals surface area contributed by atoms with E-state index in [1.54, 1.807) is 36.4 Å². The van der Waals surface area contributed by atoms with Crippen molar-refractivity contribution in [1.29, 1.82) is 0 Å². The van der Waals surface area contributed by atoms with Gasteiger partial charge in [-0.05, 0) is 49.6 Å². The number of carbonyl (C=O) groups is 2. The van der Waals surface area contributed by atoms with Crippen LogP contribution >= 0.6 is 0 Å². The molecule has 1 fully saturated rings. The third-order valence-electron chi connectivity index (χ3n) is 5.00. The third kappa shape index (κ3) is 5.07. The molecule has 0 bridgehead atoms. The van der Waals surface area contributed by atoms with Gasteiger partial charge in [0.05, 0.1) is 12.0 Å². The first-order chi connectivity index (χ1) is 14.5. The summed E-state index contributed by atoms with van der Waals surface area (Å²) in [6.07, 6.45) is 0.858. The molecule has 1 aliphatic rings. The Labute approximate surface area is 174 Å². The van der Waals surface area contributed by atoms with Gasteiger partial charge >= 0.3 is 0 Å². The van der Waals surface area contributed by atoms with Gasteiger partial charge in [-0.2, -0.15) is 0 Å². The van der Waals surface area contributed by atoms with E-state index in [1.165, 1.54) is 12.1 Å². The lowest BCUT2D eigenvalue weighted by Gasteiger charge is -2.36. The third-order valence-corrected chi connectivity index (χ3v) is 5.00. The number of benzene rings is 2. The normalized spacial score (nSPS) is 15.1. The minimum absolute atomic E-state index is 0.295. The smallest absolute Gasteiger partial charge is 0.276 e. The number of rotatable bonds is 7. The predicted octanol–water partition coefficient (Wildman–Crippen LogP) is 2.50. The summed E-state index contributed by atoms with van der Waals surface area (Å²) in [4.78, 5) is 25.2. The Morgan fingerprint density at radius 2 is 1.63 bits per heavy atom. The summed E-state index contributed by atoms with van der Waals surface area (Å²) >= 11 is 0. The first-order valence-corrected chi connectivity index (χ1v) is 9.83. The Balaban J connectivity index is 1.60. The highest BCUT2D eigenvalue weighted by Crippen LogP contribution is 2.35. The van der Waals surface area contributed by atoms with E-state index in [1.807, 2.05) is 6.92 Å². The Morgan fingerprint density at radius 3 is 2.27 bits per heavy atom. The summed E-state index contributed by atoms with van der Waals surface area (Å²) < 4.78 is 29.7. The number of amides is 2. The Bertz CT molecular complexity index is 866. The maximum Gasteiger partial charge on any atom is 0.276 e. The zero-order valence-electron chi connectivity index (χ0n) is 16.8. The fourth-order valence-electron chi connectivity index (χ4n) is 3.41. The Kier molecular flexibility index (Phi) is 7.24. The van der Waals surface area contributed by atoms with Crippen LogP contribution in [0.3, 0.4) is 0 Å². The summed E-state index contributed by atoms with van der Waals surface area (Å²) in [6.45, 7) is 2.83. The van der Waals surface area contributed by atoms with Crippen LogP contribution in [0.2, 0.25) is 0 Å². The van der Waals surface area contributed by atoms with Gasteiger partial charge in [0.15, 0.2) is 18.1 Å². The fraction of sp³-hybridized carbons (Fsp3) is 0.364. The van der Waals surface area contributed by atoms with E-state index in [-0.39, 0.29) is 18.3 Å².